The van der Waals surface area contributed by atoms with Crippen molar-refractivity contribution >= 4 is 39.7 Å². The van der Waals surface area contributed by atoms with E-state index in [-0.39, 0.29) is 11.3 Å². The van der Waals surface area contributed by atoms with E-state index in [1.807, 2.05) is 6.92 Å². The monoisotopic (exact) mass is 414 g/mol. The van der Waals surface area contributed by atoms with Gasteiger partial charge in [-0.3, -0.25) is 14.9 Å². The Bertz CT molecular complexity index is 1100. The van der Waals surface area contributed by atoms with Crippen LogP contribution in [0.15, 0.2) is 54.1 Å². The van der Waals surface area contributed by atoms with Crippen molar-refractivity contribution in [2.45, 2.75) is 13.3 Å². The van der Waals surface area contributed by atoms with Crippen LogP contribution in [0.3, 0.4) is 0 Å². The standard InChI is InChI=1S/C20H18N2O6S/c1-3-13-4-8-15(9-5-13)22-19(24)17(18(23)21-20(22)25)12-14-6-10-16(11-7-14)28-29(2,26)27/h4-12H,3H2,1-2H3,(H,21,23,25)/b17-12-. The fourth-order valence-electron chi connectivity index (χ4n) is 2.73. The zero-order valence-corrected chi connectivity index (χ0v) is 16.5. The van der Waals surface area contributed by atoms with E-state index in [1.54, 1.807) is 24.3 Å². The van der Waals surface area contributed by atoms with Crippen molar-refractivity contribution in [2.75, 3.05) is 11.2 Å². The number of nitrogens with one attached hydrogen (secondary N) is 1. The third-order valence-electron chi connectivity index (χ3n) is 4.14. The minimum absolute atomic E-state index is 0.0990. The van der Waals surface area contributed by atoms with Gasteiger partial charge in [-0.2, -0.15) is 8.42 Å². The molecule has 29 heavy (non-hydrogen) atoms. The predicted octanol–water partition coefficient (Wildman–Crippen LogP) is 2.25. The predicted molar refractivity (Wildman–Crippen MR) is 107 cm³/mol. The first kappa shape index (κ1) is 20.3. The molecule has 0 unspecified atom stereocenters. The molecule has 2 aromatic rings. The SMILES string of the molecule is CCc1ccc(N2C(=O)NC(=O)/C(=C/c3ccc(OS(C)(=O)=O)cc3)C2=O)cc1. The maximum atomic E-state index is 12.8. The topological polar surface area (TPSA) is 110 Å². The zero-order chi connectivity index (χ0) is 21.2. The molecule has 0 aromatic heterocycles. The molecule has 0 atom stereocenters. The number of urea groups is 1. The maximum Gasteiger partial charge on any atom is 0.335 e. The summed E-state index contributed by atoms with van der Waals surface area (Å²) in [5.41, 5.74) is 1.63. The number of nitrogens with zero attached hydrogens (tertiary/aromatic N) is 1. The molecule has 1 aliphatic heterocycles. The highest BCUT2D eigenvalue weighted by molar-refractivity contribution is 7.86. The van der Waals surface area contributed by atoms with Gasteiger partial charge >= 0.3 is 16.1 Å². The fourth-order valence-corrected chi connectivity index (χ4v) is 3.19. The number of carbonyl (C=O) groups is 3. The average molecular weight is 414 g/mol. The molecule has 0 radical (unpaired) electrons. The number of hydrogen-bond acceptors (Lipinski definition) is 6. The number of benzene rings is 2. The molecule has 0 spiro atoms. The van der Waals surface area contributed by atoms with Crippen molar-refractivity contribution in [3.8, 4) is 5.75 Å². The quantitative estimate of drug-likeness (QED) is 0.457. The summed E-state index contributed by atoms with van der Waals surface area (Å²) in [6, 6.07) is 11.8. The lowest BCUT2D eigenvalue weighted by molar-refractivity contribution is -0.122. The molecule has 1 aliphatic rings. The van der Waals surface area contributed by atoms with Gasteiger partial charge in [0.15, 0.2) is 0 Å². The summed E-state index contributed by atoms with van der Waals surface area (Å²) in [7, 11) is -3.66. The normalized spacial score (nSPS) is 16.1. The van der Waals surface area contributed by atoms with Gasteiger partial charge in [-0.25, -0.2) is 9.69 Å². The Morgan fingerprint density at radius 2 is 1.62 bits per heavy atom. The lowest BCUT2D eigenvalue weighted by atomic mass is 10.1. The number of hydrogen-bond donors (Lipinski definition) is 1. The van der Waals surface area contributed by atoms with Crippen LogP contribution in [0.25, 0.3) is 6.08 Å². The van der Waals surface area contributed by atoms with Crippen LogP contribution in [0, 0.1) is 0 Å². The van der Waals surface area contributed by atoms with E-state index in [4.69, 9.17) is 4.18 Å². The maximum absolute atomic E-state index is 12.8. The number of amides is 4. The number of aryl methyl sites for hydroxylation is 1. The van der Waals surface area contributed by atoms with Gasteiger partial charge in [0.25, 0.3) is 11.8 Å². The smallest absolute Gasteiger partial charge is 0.335 e. The molecule has 150 valence electrons. The number of anilines is 1. The number of rotatable bonds is 5. The fraction of sp³-hybridized carbons (Fsp3) is 0.150. The van der Waals surface area contributed by atoms with Crippen molar-refractivity contribution in [1.29, 1.82) is 0 Å². The molecule has 0 bridgehead atoms. The molecule has 4 amide bonds. The minimum atomic E-state index is -3.66. The highest BCUT2D eigenvalue weighted by atomic mass is 32.2. The molecule has 8 nitrogen and oxygen atoms in total. The van der Waals surface area contributed by atoms with Gasteiger partial charge < -0.3 is 4.18 Å². The third kappa shape index (κ3) is 4.69. The summed E-state index contributed by atoms with van der Waals surface area (Å²) in [4.78, 5) is 38.1. The molecule has 2 aromatic carbocycles. The Kier molecular flexibility index (Phi) is 5.51. The summed E-state index contributed by atoms with van der Waals surface area (Å²) >= 11 is 0. The van der Waals surface area contributed by atoms with Crippen molar-refractivity contribution in [1.82, 2.24) is 5.32 Å². The second-order valence-electron chi connectivity index (χ2n) is 6.33. The molecule has 9 heteroatoms. The van der Waals surface area contributed by atoms with Gasteiger partial charge in [-0.1, -0.05) is 31.2 Å². The zero-order valence-electron chi connectivity index (χ0n) is 15.7. The van der Waals surface area contributed by atoms with E-state index < -0.39 is 28.0 Å². The second kappa shape index (κ2) is 7.88. The Balaban J connectivity index is 1.90. The van der Waals surface area contributed by atoms with Crippen molar-refractivity contribution in [2.24, 2.45) is 0 Å². The van der Waals surface area contributed by atoms with Gasteiger partial charge in [0.2, 0.25) is 0 Å². The highest BCUT2D eigenvalue weighted by Gasteiger charge is 2.36. The molecule has 1 N–H and O–H groups in total. The first-order chi connectivity index (χ1) is 13.7. The van der Waals surface area contributed by atoms with E-state index in [2.05, 4.69) is 5.32 Å². The Morgan fingerprint density at radius 3 is 2.17 bits per heavy atom. The van der Waals surface area contributed by atoms with Gasteiger partial charge in [0.05, 0.1) is 11.9 Å². The molecule has 0 saturated carbocycles. The molecular formula is C20H18N2O6S. The summed E-state index contributed by atoms with van der Waals surface area (Å²) < 4.78 is 27.1. The Labute approximate surface area is 167 Å². The van der Waals surface area contributed by atoms with Crippen LogP contribution in [-0.4, -0.2) is 32.5 Å². The highest BCUT2D eigenvalue weighted by Crippen LogP contribution is 2.23. The summed E-state index contributed by atoms with van der Waals surface area (Å²) in [5, 5.41) is 2.15. The largest absolute Gasteiger partial charge is 0.383 e. The van der Waals surface area contributed by atoms with Crippen LogP contribution in [0.4, 0.5) is 10.5 Å². The number of carbonyl (C=O) groups excluding carboxylic acids is 3. The summed E-state index contributed by atoms with van der Waals surface area (Å²) in [6.07, 6.45) is 3.05. The van der Waals surface area contributed by atoms with Crippen LogP contribution < -0.4 is 14.4 Å². The van der Waals surface area contributed by atoms with Gasteiger partial charge in [0, 0.05) is 0 Å². The van der Waals surface area contributed by atoms with Gasteiger partial charge in [-0.05, 0) is 47.9 Å². The van der Waals surface area contributed by atoms with Gasteiger partial charge in [0.1, 0.15) is 11.3 Å². The Morgan fingerprint density at radius 1 is 1.00 bits per heavy atom. The van der Waals surface area contributed by atoms with Crippen LogP contribution in [0.5, 0.6) is 5.75 Å². The summed E-state index contributed by atoms with van der Waals surface area (Å²) in [5.74, 6) is -1.46. The molecule has 1 heterocycles. The van der Waals surface area contributed by atoms with E-state index in [9.17, 15) is 22.8 Å². The van der Waals surface area contributed by atoms with Crippen LogP contribution in [0.1, 0.15) is 18.1 Å². The molecule has 1 fully saturated rings. The van der Waals surface area contributed by atoms with Gasteiger partial charge in [-0.15, -0.1) is 0 Å². The lowest BCUT2D eigenvalue weighted by Crippen LogP contribution is -2.54. The van der Waals surface area contributed by atoms with E-state index in [1.165, 1.54) is 30.3 Å². The first-order valence-corrected chi connectivity index (χ1v) is 10.5. The van der Waals surface area contributed by atoms with E-state index >= 15 is 0 Å². The van der Waals surface area contributed by atoms with Crippen molar-refractivity contribution in [3.05, 3.63) is 65.2 Å². The first-order valence-electron chi connectivity index (χ1n) is 8.68. The number of imide groups is 2. The van der Waals surface area contributed by atoms with Crippen LogP contribution >= 0.6 is 0 Å². The molecule has 3 rings (SSSR count). The van der Waals surface area contributed by atoms with Crippen molar-refractivity contribution < 1.29 is 27.0 Å². The Hall–Kier alpha value is -3.46. The third-order valence-corrected chi connectivity index (χ3v) is 4.64. The minimum Gasteiger partial charge on any atom is -0.383 e. The van der Waals surface area contributed by atoms with Crippen molar-refractivity contribution in [3.63, 3.8) is 0 Å². The lowest BCUT2D eigenvalue weighted by Gasteiger charge is -2.26. The summed E-state index contributed by atoms with van der Waals surface area (Å²) in [6.45, 7) is 1.99. The second-order valence-corrected chi connectivity index (χ2v) is 7.91. The van der Waals surface area contributed by atoms with Crippen LogP contribution in [-0.2, 0) is 26.1 Å². The van der Waals surface area contributed by atoms with Crippen LogP contribution in [0.2, 0.25) is 0 Å². The number of barbiturate groups is 1. The molecular weight excluding hydrogens is 396 g/mol. The van der Waals surface area contributed by atoms with E-state index in [0.717, 1.165) is 23.1 Å². The molecule has 1 saturated heterocycles. The molecule has 0 aliphatic carbocycles. The van der Waals surface area contributed by atoms with E-state index in [0.29, 0.717) is 11.3 Å². The average Bonchev–Trinajstić information content (AvgIpc) is 2.65.